The fourth-order valence-electron chi connectivity index (χ4n) is 2.70. The lowest BCUT2D eigenvalue weighted by Gasteiger charge is -2.27. The summed E-state index contributed by atoms with van der Waals surface area (Å²) >= 11 is 0. The third-order valence-electron chi connectivity index (χ3n) is 3.97. The zero-order valence-electron chi connectivity index (χ0n) is 11.9. The maximum atomic E-state index is 11.9. The van der Waals surface area contributed by atoms with Crippen molar-refractivity contribution < 1.29 is 19.1 Å². The Morgan fingerprint density at radius 2 is 2.25 bits per heavy atom. The number of aliphatic hydroxyl groups is 1. The first kappa shape index (κ1) is 15.1. The molecule has 0 aliphatic heterocycles. The second kappa shape index (κ2) is 7.45. The molecule has 1 saturated carbocycles. The van der Waals surface area contributed by atoms with Crippen LogP contribution in [0, 0.1) is 5.92 Å². The lowest BCUT2D eigenvalue weighted by Crippen LogP contribution is -2.31. The minimum absolute atomic E-state index is 0.00327. The molecule has 1 atom stereocenters. The van der Waals surface area contributed by atoms with Gasteiger partial charge in [0.1, 0.15) is 11.9 Å². The molecular weight excluding hydrogens is 258 g/mol. The molecule has 0 radical (unpaired) electrons. The number of amides is 1. The number of carbonyl (C=O) groups is 1. The van der Waals surface area contributed by atoms with E-state index in [1.807, 2.05) is 0 Å². The number of methoxy groups -OCH3 is 1. The van der Waals surface area contributed by atoms with Crippen LogP contribution in [-0.2, 0) is 9.53 Å². The first-order valence-electron chi connectivity index (χ1n) is 7.20. The summed E-state index contributed by atoms with van der Waals surface area (Å²) in [4.78, 5) is 11.9. The summed E-state index contributed by atoms with van der Waals surface area (Å²) in [7, 11) is 1.74. The number of furan rings is 1. The Morgan fingerprint density at radius 3 is 2.85 bits per heavy atom. The van der Waals surface area contributed by atoms with Crippen molar-refractivity contribution in [1.29, 1.82) is 0 Å². The van der Waals surface area contributed by atoms with Gasteiger partial charge in [-0.3, -0.25) is 4.79 Å². The Hall–Kier alpha value is -1.33. The summed E-state index contributed by atoms with van der Waals surface area (Å²) in [6, 6.07) is 3.41. The monoisotopic (exact) mass is 281 g/mol. The van der Waals surface area contributed by atoms with E-state index in [0.29, 0.717) is 24.2 Å². The van der Waals surface area contributed by atoms with Gasteiger partial charge in [-0.2, -0.15) is 0 Å². The molecule has 20 heavy (non-hydrogen) atoms. The highest BCUT2D eigenvalue weighted by Crippen LogP contribution is 2.28. The van der Waals surface area contributed by atoms with Crippen LogP contribution < -0.4 is 5.32 Å². The summed E-state index contributed by atoms with van der Waals surface area (Å²) in [5.74, 6) is 0.907. The van der Waals surface area contributed by atoms with Crippen LogP contribution in [0.25, 0.3) is 0 Å². The Balaban J connectivity index is 1.66. The number of rotatable bonds is 6. The summed E-state index contributed by atoms with van der Waals surface area (Å²) < 4.78 is 10.4. The highest BCUT2D eigenvalue weighted by atomic mass is 16.5. The van der Waals surface area contributed by atoms with Crippen LogP contribution in [0.3, 0.4) is 0 Å². The van der Waals surface area contributed by atoms with Gasteiger partial charge in [0.2, 0.25) is 5.91 Å². The fourth-order valence-corrected chi connectivity index (χ4v) is 2.70. The SMILES string of the molecule is COC1CCC(CC(=O)NCC(O)c2ccco2)CC1. The molecule has 0 spiro atoms. The van der Waals surface area contributed by atoms with Crippen molar-refractivity contribution in [2.45, 2.75) is 44.3 Å². The van der Waals surface area contributed by atoms with Crippen molar-refractivity contribution >= 4 is 5.91 Å². The molecular formula is C15H23NO4. The van der Waals surface area contributed by atoms with Crippen LogP contribution in [0.2, 0.25) is 0 Å². The fraction of sp³-hybridized carbons (Fsp3) is 0.667. The summed E-state index contributed by atoms with van der Waals surface area (Å²) in [5.41, 5.74) is 0. The first-order chi connectivity index (χ1) is 9.69. The number of hydrogen-bond donors (Lipinski definition) is 2. The zero-order valence-corrected chi connectivity index (χ0v) is 11.9. The van der Waals surface area contributed by atoms with Gasteiger partial charge >= 0.3 is 0 Å². The second-order valence-corrected chi connectivity index (χ2v) is 5.42. The van der Waals surface area contributed by atoms with Crippen molar-refractivity contribution in [1.82, 2.24) is 5.32 Å². The van der Waals surface area contributed by atoms with Gasteiger partial charge in [-0.15, -0.1) is 0 Å². The largest absolute Gasteiger partial charge is 0.467 e. The molecule has 1 aliphatic carbocycles. The van der Waals surface area contributed by atoms with Gasteiger partial charge in [0.15, 0.2) is 0 Å². The third-order valence-corrected chi connectivity index (χ3v) is 3.97. The van der Waals surface area contributed by atoms with Gasteiger partial charge in [0.25, 0.3) is 0 Å². The average Bonchev–Trinajstić information content (AvgIpc) is 3.00. The number of aliphatic hydroxyl groups excluding tert-OH is 1. The average molecular weight is 281 g/mol. The molecule has 2 rings (SSSR count). The van der Waals surface area contributed by atoms with E-state index in [1.165, 1.54) is 6.26 Å². The Bertz CT molecular complexity index is 396. The highest BCUT2D eigenvalue weighted by molar-refractivity contribution is 5.76. The molecule has 1 heterocycles. The molecule has 1 amide bonds. The minimum atomic E-state index is -0.779. The normalized spacial score (nSPS) is 24.3. The van der Waals surface area contributed by atoms with E-state index < -0.39 is 6.10 Å². The summed E-state index contributed by atoms with van der Waals surface area (Å²) in [6.07, 6.45) is 5.75. The second-order valence-electron chi connectivity index (χ2n) is 5.42. The Morgan fingerprint density at radius 1 is 1.50 bits per heavy atom. The standard InChI is InChI=1S/C15H23NO4/c1-19-12-6-4-11(5-7-12)9-15(18)16-10-13(17)14-3-2-8-20-14/h2-3,8,11-13,17H,4-7,9-10H2,1H3,(H,16,18). The van der Waals surface area contributed by atoms with Crippen molar-refractivity contribution in [2.75, 3.05) is 13.7 Å². The van der Waals surface area contributed by atoms with Gasteiger partial charge in [0.05, 0.1) is 18.9 Å². The molecule has 112 valence electrons. The van der Waals surface area contributed by atoms with E-state index >= 15 is 0 Å². The molecule has 1 aromatic heterocycles. The Kier molecular flexibility index (Phi) is 5.61. The maximum absolute atomic E-state index is 11.9. The van der Waals surface area contributed by atoms with Crippen LogP contribution >= 0.6 is 0 Å². The highest BCUT2D eigenvalue weighted by Gasteiger charge is 2.23. The molecule has 0 aromatic carbocycles. The van der Waals surface area contributed by atoms with Crippen molar-refractivity contribution in [3.63, 3.8) is 0 Å². The summed E-state index contributed by atoms with van der Waals surface area (Å²) in [6.45, 7) is 0.194. The van der Waals surface area contributed by atoms with E-state index in [4.69, 9.17) is 9.15 Å². The van der Waals surface area contributed by atoms with Gasteiger partial charge in [-0.1, -0.05) is 0 Å². The molecule has 1 fully saturated rings. The lowest BCUT2D eigenvalue weighted by molar-refractivity contribution is -0.123. The van der Waals surface area contributed by atoms with E-state index in [1.54, 1.807) is 19.2 Å². The Labute approximate surface area is 119 Å². The molecule has 1 unspecified atom stereocenters. The predicted molar refractivity (Wildman–Crippen MR) is 74.0 cm³/mol. The van der Waals surface area contributed by atoms with Crippen LogP contribution in [-0.4, -0.2) is 30.8 Å². The zero-order chi connectivity index (χ0) is 14.4. The van der Waals surface area contributed by atoms with E-state index in [0.717, 1.165) is 25.7 Å². The first-order valence-corrected chi connectivity index (χ1v) is 7.20. The lowest BCUT2D eigenvalue weighted by atomic mass is 9.85. The molecule has 0 saturated heterocycles. The number of hydrogen-bond acceptors (Lipinski definition) is 4. The molecule has 2 N–H and O–H groups in total. The van der Waals surface area contributed by atoms with Crippen molar-refractivity contribution in [2.24, 2.45) is 5.92 Å². The van der Waals surface area contributed by atoms with Crippen LogP contribution in [0.1, 0.15) is 44.0 Å². The minimum Gasteiger partial charge on any atom is -0.467 e. The van der Waals surface area contributed by atoms with Crippen LogP contribution in [0.5, 0.6) is 0 Å². The molecule has 5 heteroatoms. The van der Waals surface area contributed by atoms with Crippen molar-refractivity contribution in [3.05, 3.63) is 24.2 Å². The predicted octanol–water partition coefficient (Wildman–Crippen LogP) is 2.02. The van der Waals surface area contributed by atoms with E-state index in [9.17, 15) is 9.90 Å². The van der Waals surface area contributed by atoms with Crippen molar-refractivity contribution in [3.8, 4) is 0 Å². The topological polar surface area (TPSA) is 71.7 Å². The van der Waals surface area contributed by atoms with Gasteiger partial charge < -0.3 is 19.6 Å². The number of carbonyl (C=O) groups excluding carboxylic acids is 1. The smallest absolute Gasteiger partial charge is 0.220 e. The maximum Gasteiger partial charge on any atom is 0.220 e. The van der Waals surface area contributed by atoms with E-state index in [2.05, 4.69) is 5.32 Å². The number of ether oxygens (including phenoxy) is 1. The van der Waals surface area contributed by atoms with Crippen LogP contribution in [0.4, 0.5) is 0 Å². The quantitative estimate of drug-likeness (QED) is 0.837. The third kappa shape index (κ3) is 4.35. The van der Waals surface area contributed by atoms with Gasteiger partial charge in [-0.05, 0) is 43.7 Å². The van der Waals surface area contributed by atoms with Gasteiger partial charge in [0, 0.05) is 13.5 Å². The van der Waals surface area contributed by atoms with Gasteiger partial charge in [-0.25, -0.2) is 0 Å². The molecule has 0 bridgehead atoms. The molecule has 1 aliphatic rings. The molecule has 1 aromatic rings. The van der Waals surface area contributed by atoms with Crippen LogP contribution in [0.15, 0.2) is 22.8 Å². The molecule has 5 nitrogen and oxygen atoms in total. The van der Waals surface area contributed by atoms with E-state index in [-0.39, 0.29) is 12.5 Å². The summed E-state index contributed by atoms with van der Waals surface area (Å²) in [5, 5.41) is 12.6. The number of nitrogens with one attached hydrogen (secondary N) is 1.